The first-order chi connectivity index (χ1) is 11.0. The summed E-state index contributed by atoms with van der Waals surface area (Å²) in [6.07, 6.45) is 7.26. The number of benzene rings is 1. The average Bonchev–Trinajstić information content (AvgIpc) is 2.44. The smallest absolute Gasteiger partial charge is 0.342 e. The van der Waals surface area contributed by atoms with E-state index in [-0.39, 0.29) is 35.4 Å². The van der Waals surface area contributed by atoms with Gasteiger partial charge in [0.25, 0.3) is 0 Å². The van der Waals surface area contributed by atoms with Crippen LogP contribution in [0.2, 0.25) is 0 Å². The number of rotatable bonds is 0. The number of Topliss-reactive ketones (excluding diaryl/α,β-unsaturated/α-hetero) is 1. The normalized spacial score (nSPS) is 20.5. The summed E-state index contributed by atoms with van der Waals surface area (Å²) in [5, 5.41) is 19.6. The van der Waals surface area contributed by atoms with Crippen LogP contribution in [0.15, 0.2) is 24.3 Å². The molecule has 0 unspecified atom stereocenters. The summed E-state index contributed by atoms with van der Waals surface area (Å²) in [6.45, 7) is 1.77. The van der Waals surface area contributed by atoms with Gasteiger partial charge in [0.2, 0.25) is 0 Å². The van der Waals surface area contributed by atoms with Crippen molar-refractivity contribution < 1.29 is 24.5 Å². The van der Waals surface area contributed by atoms with Crippen LogP contribution in [0.3, 0.4) is 0 Å². The Labute approximate surface area is 135 Å². The second-order valence-electron chi connectivity index (χ2n) is 5.88. The molecule has 5 nitrogen and oxygen atoms in total. The molecule has 5 heteroatoms. The molecule has 0 fully saturated rings. The molecule has 0 bridgehead atoms. The molecule has 124 valence electrons. The molecule has 0 aromatic heterocycles. The number of aromatic hydroxyl groups is 2. The highest BCUT2D eigenvalue weighted by Crippen LogP contribution is 2.29. The van der Waals surface area contributed by atoms with Crippen molar-refractivity contribution in [1.29, 1.82) is 0 Å². The first kappa shape index (κ1) is 17.1. The number of carbonyl (C=O) groups is 2. The van der Waals surface area contributed by atoms with Crippen molar-refractivity contribution in [3.63, 3.8) is 0 Å². The van der Waals surface area contributed by atoms with Gasteiger partial charge in [0.05, 0.1) is 0 Å². The largest absolute Gasteiger partial charge is 0.508 e. The van der Waals surface area contributed by atoms with E-state index in [1.807, 2.05) is 12.2 Å². The molecular weight excluding hydrogens is 296 g/mol. The molecule has 1 atom stereocenters. The number of phenols is 2. The molecule has 1 aromatic rings. The monoisotopic (exact) mass is 318 g/mol. The van der Waals surface area contributed by atoms with Crippen LogP contribution in [0.25, 0.3) is 0 Å². The Morgan fingerprint density at radius 3 is 2.70 bits per heavy atom. The fourth-order valence-electron chi connectivity index (χ4n) is 2.62. The van der Waals surface area contributed by atoms with E-state index in [0.717, 1.165) is 25.3 Å². The van der Waals surface area contributed by atoms with Crippen molar-refractivity contribution in [2.45, 2.75) is 51.6 Å². The molecule has 1 aromatic carbocycles. The summed E-state index contributed by atoms with van der Waals surface area (Å²) in [5.41, 5.74) is 0.265. The third-order valence-corrected chi connectivity index (χ3v) is 3.80. The van der Waals surface area contributed by atoms with Gasteiger partial charge in [-0.25, -0.2) is 4.79 Å². The number of esters is 1. The van der Waals surface area contributed by atoms with Gasteiger partial charge in [-0.2, -0.15) is 0 Å². The molecule has 0 saturated carbocycles. The molecule has 0 saturated heterocycles. The van der Waals surface area contributed by atoms with Gasteiger partial charge in [0, 0.05) is 25.3 Å². The predicted octanol–water partition coefficient (Wildman–Crippen LogP) is 3.28. The van der Waals surface area contributed by atoms with E-state index in [4.69, 9.17) is 4.74 Å². The SMILES string of the molecule is C[C@@H]1CC=CCCCCC(=O)Cc2cc(O)cc(O)c2C(=O)O1. The molecule has 0 spiro atoms. The Kier molecular flexibility index (Phi) is 5.79. The van der Waals surface area contributed by atoms with Crippen LogP contribution >= 0.6 is 0 Å². The van der Waals surface area contributed by atoms with Gasteiger partial charge in [0.15, 0.2) is 0 Å². The quantitative estimate of drug-likeness (QED) is 0.566. The Morgan fingerprint density at radius 2 is 1.91 bits per heavy atom. The Balaban J connectivity index is 2.34. The number of hydrogen-bond donors (Lipinski definition) is 2. The van der Waals surface area contributed by atoms with Crippen molar-refractivity contribution in [3.05, 3.63) is 35.4 Å². The summed E-state index contributed by atoms with van der Waals surface area (Å²) in [4.78, 5) is 24.4. The summed E-state index contributed by atoms with van der Waals surface area (Å²) in [7, 11) is 0. The van der Waals surface area contributed by atoms with Crippen molar-refractivity contribution in [1.82, 2.24) is 0 Å². The first-order valence-corrected chi connectivity index (χ1v) is 7.90. The van der Waals surface area contributed by atoms with Gasteiger partial charge in [-0.05, 0) is 37.8 Å². The van der Waals surface area contributed by atoms with E-state index in [2.05, 4.69) is 0 Å². The summed E-state index contributed by atoms with van der Waals surface area (Å²) in [5.74, 6) is -1.26. The maximum absolute atomic E-state index is 12.3. The molecular formula is C18H22O5. The topological polar surface area (TPSA) is 83.8 Å². The lowest BCUT2D eigenvalue weighted by molar-refractivity contribution is -0.118. The number of cyclic esters (lactones) is 1. The zero-order valence-electron chi connectivity index (χ0n) is 13.2. The van der Waals surface area contributed by atoms with E-state index in [1.165, 1.54) is 6.07 Å². The summed E-state index contributed by atoms with van der Waals surface area (Å²) >= 11 is 0. The van der Waals surface area contributed by atoms with Crippen LogP contribution in [0.4, 0.5) is 0 Å². The Hall–Kier alpha value is -2.30. The highest BCUT2D eigenvalue weighted by atomic mass is 16.5. The van der Waals surface area contributed by atoms with Gasteiger partial charge >= 0.3 is 5.97 Å². The lowest BCUT2D eigenvalue weighted by Crippen LogP contribution is -2.17. The molecule has 1 aliphatic heterocycles. The van der Waals surface area contributed by atoms with Crippen LogP contribution in [0.1, 0.15) is 54.9 Å². The van der Waals surface area contributed by atoms with Crippen molar-refractivity contribution in [2.24, 2.45) is 0 Å². The van der Waals surface area contributed by atoms with Crippen LogP contribution in [0, 0.1) is 0 Å². The fourth-order valence-corrected chi connectivity index (χ4v) is 2.62. The Bertz CT molecular complexity index is 618. The number of allylic oxidation sites excluding steroid dienone is 1. The molecule has 0 amide bonds. The van der Waals surface area contributed by atoms with Crippen LogP contribution in [0.5, 0.6) is 11.5 Å². The van der Waals surface area contributed by atoms with Gasteiger partial charge in [-0.15, -0.1) is 0 Å². The maximum Gasteiger partial charge on any atom is 0.342 e. The number of ether oxygens (including phenoxy) is 1. The van der Waals surface area contributed by atoms with Crippen LogP contribution in [-0.2, 0) is 16.0 Å². The van der Waals surface area contributed by atoms with Gasteiger partial charge < -0.3 is 14.9 Å². The van der Waals surface area contributed by atoms with Gasteiger partial charge in [-0.1, -0.05) is 12.2 Å². The van der Waals surface area contributed by atoms with E-state index in [1.54, 1.807) is 6.92 Å². The molecule has 1 heterocycles. The number of carbonyl (C=O) groups excluding carboxylic acids is 2. The highest BCUT2D eigenvalue weighted by molar-refractivity contribution is 5.96. The average molecular weight is 318 g/mol. The molecule has 2 N–H and O–H groups in total. The second-order valence-corrected chi connectivity index (χ2v) is 5.88. The summed E-state index contributed by atoms with van der Waals surface area (Å²) < 4.78 is 5.33. The van der Waals surface area contributed by atoms with E-state index >= 15 is 0 Å². The second kappa shape index (κ2) is 7.81. The fraction of sp³-hybridized carbons (Fsp3) is 0.444. The third-order valence-electron chi connectivity index (χ3n) is 3.80. The van der Waals surface area contributed by atoms with Gasteiger partial charge in [-0.3, -0.25) is 4.79 Å². The predicted molar refractivity (Wildman–Crippen MR) is 85.6 cm³/mol. The van der Waals surface area contributed by atoms with E-state index < -0.39 is 5.97 Å². The Morgan fingerprint density at radius 1 is 1.13 bits per heavy atom. The standard InChI is InChI=1S/C18H22O5/c1-12-7-5-3-2-4-6-8-14(19)9-13-10-15(20)11-16(21)17(13)18(22)23-12/h3,5,10-12,20-21H,2,4,6-9H2,1H3/t12-/m1/s1. The van der Waals surface area contributed by atoms with E-state index in [0.29, 0.717) is 18.4 Å². The minimum absolute atomic E-state index is 0.00336. The number of phenolic OH excluding ortho intramolecular Hbond substituents is 2. The minimum atomic E-state index is -0.678. The highest BCUT2D eigenvalue weighted by Gasteiger charge is 2.22. The first-order valence-electron chi connectivity index (χ1n) is 7.90. The lowest BCUT2D eigenvalue weighted by Gasteiger charge is -2.15. The van der Waals surface area contributed by atoms with E-state index in [9.17, 15) is 19.8 Å². The summed E-state index contributed by atoms with van der Waals surface area (Å²) in [6, 6.07) is 2.42. The molecule has 2 rings (SSSR count). The van der Waals surface area contributed by atoms with Crippen LogP contribution < -0.4 is 0 Å². The van der Waals surface area contributed by atoms with Crippen molar-refractivity contribution >= 4 is 11.8 Å². The molecule has 0 aliphatic carbocycles. The zero-order valence-corrected chi connectivity index (χ0v) is 13.2. The number of ketones is 1. The maximum atomic E-state index is 12.3. The molecule has 23 heavy (non-hydrogen) atoms. The van der Waals surface area contributed by atoms with Crippen molar-refractivity contribution in [3.8, 4) is 11.5 Å². The van der Waals surface area contributed by atoms with Crippen molar-refractivity contribution in [2.75, 3.05) is 0 Å². The minimum Gasteiger partial charge on any atom is -0.508 e. The van der Waals surface area contributed by atoms with Gasteiger partial charge in [0.1, 0.15) is 28.9 Å². The number of hydrogen-bond acceptors (Lipinski definition) is 5. The molecule has 1 aliphatic rings. The number of fused-ring (bicyclic) bond motifs is 1. The lowest BCUT2D eigenvalue weighted by atomic mass is 9.98. The molecule has 0 radical (unpaired) electrons. The third kappa shape index (κ3) is 4.84. The van der Waals surface area contributed by atoms with Crippen LogP contribution in [-0.4, -0.2) is 28.1 Å². The zero-order chi connectivity index (χ0) is 16.8.